The van der Waals surface area contributed by atoms with E-state index in [1.807, 2.05) is 36.4 Å². The molecule has 2 aromatic heterocycles. The molecule has 0 unspecified atom stereocenters. The number of ether oxygens (including phenoxy) is 2. The van der Waals surface area contributed by atoms with Gasteiger partial charge in [0, 0.05) is 23.2 Å². The van der Waals surface area contributed by atoms with Gasteiger partial charge in [-0.25, -0.2) is 0 Å². The summed E-state index contributed by atoms with van der Waals surface area (Å²) in [4.78, 5) is 8.83. The van der Waals surface area contributed by atoms with Crippen molar-refractivity contribution >= 4 is 21.8 Å². The zero-order valence-electron chi connectivity index (χ0n) is 15.2. The maximum absolute atomic E-state index is 5.93. The molecule has 2 aromatic carbocycles. The van der Waals surface area contributed by atoms with Crippen molar-refractivity contribution in [3.63, 3.8) is 0 Å². The van der Waals surface area contributed by atoms with E-state index in [0.29, 0.717) is 13.2 Å². The fourth-order valence-corrected chi connectivity index (χ4v) is 3.13. The second-order valence-corrected chi connectivity index (χ2v) is 6.42. The largest absolute Gasteiger partial charge is 0.491 e. The summed E-state index contributed by atoms with van der Waals surface area (Å²) < 4.78 is 11.9. The van der Waals surface area contributed by atoms with Crippen LogP contribution in [0.4, 0.5) is 0 Å². The first-order valence-corrected chi connectivity index (χ1v) is 9.35. The van der Waals surface area contributed by atoms with E-state index in [-0.39, 0.29) is 0 Å². The predicted molar refractivity (Wildman–Crippen MR) is 108 cm³/mol. The number of pyridine rings is 2. The van der Waals surface area contributed by atoms with E-state index in [0.717, 1.165) is 52.6 Å². The van der Waals surface area contributed by atoms with Crippen molar-refractivity contribution in [1.29, 1.82) is 0 Å². The molecular formula is C23H22N2O2. The highest BCUT2D eigenvalue weighted by atomic mass is 16.5. The number of para-hydroxylation sites is 2. The van der Waals surface area contributed by atoms with Crippen molar-refractivity contribution in [2.45, 2.75) is 19.3 Å². The molecule has 0 N–H and O–H groups in total. The summed E-state index contributed by atoms with van der Waals surface area (Å²) in [6.07, 6.45) is 6.63. The number of hydrogen-bond acceptors (Lipinski definition) is 4. The van der Waals surface area contributed by atoms with Crippen LogP contribution in [0.25, 0.3) is 21.8 Å². The molecule has 0 saturated heterocycles. The van der Waals surface area contributed by atoms with Gasteiger partial charge in [-0.2, -0.15) is 0 Å². The van der Waals surface area contributed by atoms with Crippen LogP contribution < -0.4 is 9.47 Å². The summed E-state index contributed by atoms with van der Waals surface area (Å²) in [6, 6.07) is 20.1. The number of benzene rings is 2. The van der Waals surface area contributed by atoms with Gasteiger partial charge in [-0.15, -0.1) is 0 Å². The molecule has 0 bridgehead atoms. The van der Waals surface area contributed by atoms with E-state index in [1.165, 1.54) is 0 Å². The molecule has 0 amide bonds. The third-order valence-corrected chi connectivity index (χ3v) is 4.50. The standard InChI is InChI=1S/C23H22N2O2/c1(2-16-26-20-12-4-8-18-10-6-14-24-22(18)20)3-17-27-21-13-5-9-19-11-7-15-25-23(19)21/h4-15H,1-3,16-17H2. The highest BCUT2D eigenvalue weighted by molar-refractivity contribution is 5.84. The van der Waals surface area contributed by atoms with E-state index in [2.05, 4.69) is 34.2 Å². The lowest BCUT2D eigenvalue weighted by Gasteiger charge is -2.10. The summed E-state index contributed by atoms with van der Waals surface area (Å²) in [6.45, 7) is 1.37. The Bertz CT molecular complexity index is 939. The normalized spacial score (nSPS) is 11.0. The molecule has 0 aliphatic rings. The van der Waals surface area contributed by atoms with Crippen LogP contribution in [0.5, 0.6) is 11.5 Å². The first-order chi connectivity index (χ1) is 13.4. The smallest absolute Gasteiger partial charge is 0.145 e. The van der Waals surface area contributed by atoms with E-state index >= 15 is 0 Å². The molecule has 4 aromatic rings. The van der Waals surface area contributed by atoms with Crippen molar-refractivity contribution in [1.82, 2.24) is 9.97 Å². The second-order valence-electron chi connectivity index (χ2n) is 6.42. The molecule has 4 rings (SSSR count). The molecule has 0 aliphatic carbocycles. The first kappa shape index (κ1) is 17.3. The fraction of sp³-hybridized carbons (Fsp3) is 0.217. The summed E-state index contributed by atoms with van der Waals surface area (Å²) >= 11 is 0. The van der Waals surface area contributed by atoms with Crippen LogP contribution in [0.1, 0.15) is 19.3 Å². The molecule has 136 valence electrons. The van der Waals surface area contributed by atoms with Crippen molar-refractivity contribution in [3.05, 3.63) is 73.1 Å². The van der Waals surface area contributed by atoms with Crippen LogP contribution in [-0.2, 0) is 0 Å². The molecule has 0 radical (unpaired) electrons. The lowest BCUT2D eigenvalue weighted by atomic mass is 10.2. The van der Waals surface area contributed by atoms with E-state index in [4.69, 9.17) is 9.47 Å². The van der Waals surface area contributed by atoms with Crippen LogP contribution in [0.15, 0.2) is 73.1 Å². The van der Waals surface area contributed by atoms with Crippen LogP contribution in [0.2, 0.25) is 0 Å². The minimum absolute atomic E-state index is 0.686. The minimum Gasteiger partial charge on any atom is -0.491 e. The van der Waals surface area contributed by atoms with Crippen molar-refractivity contribution in [2.75, 3.05) is 13.2 Å². The fourth-order valence-electron chi connectivity index (χ4n) is 3.13. The molecule has 0 spiro atoms. The number of nitrogens with zero attached hydrogens (tertiary/aromatic N) is 2. The topological polar surface area (TPSA) is 44.2 Å². The Kier molecular flexibility index (Phi) is 5.44. The summed E-state index contributed by atoms with van der Waals surface area (Å²) in [5, 5.41) is 2.21. The number of rotatable bonds is 8. The van der Waals surface area contributed by atoms with Crippen LogP contribution in [0, 0.1) is 0 Å². The van der Waals surface area contributed by atoms with Gasteiger partial charge >= 0.3 is 0 Å². The molecule has 4 heteroatoms. The van der Waals surface area contributed by atoms with Crippen molar-refractivity contribution in [2.24, 2.45) is 0 Å². The van der Waals surface area contributed by atoms with Gasteiger partial charge in [0.1, 0.15) is 22.5 Å². The van der Waals surface area contributed by atoms with Crippen molar-refractivity contribution < 1.29 is 9.47 Å². The molecule has 0 fully saturated rings. The first-order valence-electron chi connectivity index (χ1n) is 9.35. The summed E-state index contributed by atoms with van der Waals surface area (Å²) in [5.41, 5.74) is 1.85. The molecule has 2 heterocycles. The monoisotopic (exact) mass is 358 g/mol. The second kappa shape index (κ2) is 8.49. The zero-order chi connectivity index (χ0) is 18.3. The Labute approximate surface area is 158 Å². The zero-order valence-corrected chi connectivity index (χ0v) is 15.2. The van der Waals surface area contributed by atoms with E-state index < -0.39 is 0 Å². The Hall–Kier alpha value is -3.14. The highest BCUT2D eigenvalue weighted by Crippen LogP contribution is 2.24. The van der Waals surface area contributed by atoms with Gasteiger partial charge in [-0.05, 0) is 43.5 Å². The van der Waals surface area contributed by atoms with Crippen LogP contribution in [-0.4, -0.2) is 23.2 Å². The third-order valence-electron chi connectivity index (χ3n) is 4.50. The Morgan fingerprint density at radius 2 is 1.04 bits per heavy atom. The summed E-state index contributed by atoms with van der Waals surface area (Å²) in [5.74, 6) is 1.71. The van der Waals surface area contributed by atoms with Crippen LogP contribution >= 0.6 is 0 Å². The Morgan fingerprint density at radius 3 is 1.56 bits per heavy atom. The van der Waals surface area contributed by atoms with Gasteiger partial charge in [0.25, 0.3) is 0 Å². The van der Waals surface area contributed by atoms with E-state index in [9.17, 15) is 0 Å². The van der Waals surface area contributed by atoms with Crippen LogP contribution in [0.3, 0.4) is 0 Å². The van der Waals surface area contributed by atoms with E-state index in [1.54, 1.807) is 12.4 Å². The average Bonchev–Trinajstić information content (AvgIpc) is 2.73. The average molecular weight is 358 g/mol. The maximum atomic E-state index is 5.93. The van der Waals surface area contributed by atoms with Gasteiger partial charge in [0.15, 0.2) is 0 Å². The van der Waals surface area contributed by atoms with Gasteiger partial charge in [0.05, 0.1) is 13.2 Å². The number of fused-ring (bicyclic) bond motifs is 2. The van der Waals surface area contributed by atoms with Gasteiger partial charge in [0.2, 0.25) is 0 Å². The molecule has 0 atom stereocenters. The maximum Gasteiger partial charge on any atom is 0.145 e. The van der Waals surface area contributed by atoms with Gasteiger partial charge in [-0.3, -0.25) is 9.97 Å². The van der Waals surface area contributed by atoms with Gasteiger partial charge < -0.3 is 9.47 Å². The minimum atomic E-state index is 0.686. The predicted octanol–water partition coefficient (Wildman–Crippen LogP) is 5.41. The van der Waals surface area contributed by atoms with Gasteiger partial charge in [-0.1, -0.05) is 36.4 Å². The molecule has 0 aliphatic heterocycles. The highest BCUT2D eigenvalue weighted by Gasteiger charge is 2.04. The molecule has 0 saturated carbocycles. The number of aromatic nitrogens is 2. The lowest BCUT2D eigenvalue weighted by Crippen LogP contribution is -2.02. The lowest BCUT2D eigenvalue weighted by molar-refractivity contribution is 0.282. The molecule has 27 heavy (non-hydrogen) atoms. The number of hydrogen-bond donors (Lipinski definition) is 0. The third kappa shape index (κ3) is 4.17. The molecular weight excluding hydrogens is 336 g/mol. The quantitative estimate of drug-likeness (QED) is 0.395. The Balaban J connectivity index is 1.22. The Morgan fingerprint density at radius 1 is 0.556 bits per heavy atom. The summed E-state index contributed by atoms with van der Waals surface area (Å²) in [7, 11) is 0. The van der Waals surface area contributed by atoms with Crippen molar-refractivity contribution in [3.8, 4) is 11.5 Å². The number of unbranched alkanes of at least 4 members (excludes halogenated alkanes) is 2. The molecule has 4 nitrogen and oxygen atoms in total. The SMILES string of the molecule is c1cnc2c(OCCCCCOc3cccc4cccnc34)cccc2c1.